The highest BCUT2D eigenvalue weighted by atomic mass is 16.5. The summed E-state index contributed by atoms with van der Waals surface area (Å²) in [5, 5.41) is 19.4. The Morgan fingerprint density at radius 2 is 1.90 bits per heavy atom. The summed E-state index contributed by atoms with van der Waals surface area (Å²) in [5.74, 6) is 1.42. The number of aromatic nitrogens is 2. The fraction of sp³-hybridized carbons (Fsp3) is 0.154. The molecular weight excluding hydrogens is 386 g/mol. The molecule has 0 amide bonds. The van der Waals surface area contributed by atoms with Gasteiger partial charge in [0.05, 0.1) is 17.1 Å². The van der Waals surface area contributed by atoms with Crippen LogP contribution in [-0.4, -0.2) is 14.7 Å². The third-order valence-electron chi connectivity index (χ3n) is 5.74. The first-order chi connectivity index (χ1) is 15.2. The minimum atomic E-state index is -0.119. The van der Waals surface area contributed by atoms with Crippen molar-refractivity contribution in [2.24, 2.45) is 0 Å². The van der Waals surface area contributed by atoms with E-state index in [1.165, 1.54) is 0 Å². The zero-order chi connectivity index (χ0) is 21.4. The number of ether oxygens (including phenoxy) is 1. The van der Waals surface area contributed by atoms with Gasteiger partial charge in [0.2, 0.25) is 0 Å². The third kappa shape index (κ3) is 3.27. The Morgan fingerprint density at radius 3 is 2.74 bits per heavy atom. The van der Waals surface area contributed by atoms with Crippen molar-refractivity contribution in [3.63, 3.8) is 0 Å². The normalized spacial score (nSPS) is 14.2. The van der Waals surface area contributed by atoms with Crippen molar-refractivity contribution in [2.45, 2.75) is 26.7 Å². The molecule has 0 saturated heterocycles. The zero-order valence-electron chi connectivity index (χ0n) is 17.2. The summed E-state index contributed by atoms with van der Waals surface area (Å²) >= 11 is 0. The maximum Gasteiger partial charge on any atom is 0.136 e. The van der Waals surface area contributed by atoms with Crippen LogP contribution in [0.25, 0.3) is 16.6 Å². The average molecular weight is 407 g/mol. The molecule has 0 atom stereocenters. The monoisotopic (exact) mass is 407 g/mol. The number of nitrogens with zero attached hydrogens (tertiary/aromatic N) is 3. The Kier molecular flexibility index (Phi) is 4.78. The summed E-state index contributed by atoms with van der Waals surface area (Å²) in [7, 11) is 0. The molecule has 1 aromatic heterocycles. The Bertz CT molecular complexity index is 1380. The van der Waals surface area contributed by atoms with Crippen molar-refractivity contribution >= 4 is 16.6 Å². The molecule has 5 heteroatoms. The number of aliphatic hydroxyl groups excluding tert-OH is 1. The van der Waals surface area contributed by atoms with Crippen LogP contribution in [0, 0.1) is 11.3 Å². The molecule has 0 bridgehead atoms. The first-order valence-corrected chi connectivity index (χ1v) is 10.2. The molecule has 0 fully saturated rings. The summed E-state index contributed by atoms with van der Waals surface area (Å²) in [6.07, 6.45) is 0. The molecule has 31 heavy (non-hydrogen) atoms. The summed E-state index contributed by atoms with van der Waals surface area (Å²) < 4.78 is 8.14. The first kappa shape index (κ1) is 19.1. The lowest BCUT2D eigenvalue weighted by molar-refractivity contribution is 0.267. The van der Waals surface area contributed by atoms with Crippen LogP contribution in [0.5, 0.6) is 5.75 Å². The van der Waals surface area contributed by atoms with E-state index < -0.39 is 0 Å². The van der Waals surface area contributed by atoms with Gasteiger partial charge in [-0.25, -0.2) is 4.98 Å². The van der Waals surface area contributed by atoms with E-state index in [0.717, 1.165) is 44.6 Å². The molecule has 3 aromatic carbocycles. The Labute approximate surface area is 180 Å². The highest BCUT2D eigenvalue weighted by Gasteiger charge is 2.21. The van der Waals surface area contributed by atoms with Crippen molar-refractivity contribution in [3.05, 3.63) is 100 Å². The molecule has 0 unspecified atom stereocenters. The maximum absolute atomic E-state index is 9.81. The standard InChI is InChI=1S/C26H21N3O2/c1-17(13-27)26-20-11-10-18(12-19(20)16-31-24-9-5-2-6-21(24)26)14-29-23-8-4-3-7-22(23)28-25(29)15-30/h2-12,30H,14-16H2,1H3. The lowest BCUT2D eigenvalue weighted by Crippen LogP contribution is -2.06. The van der Waals surface area contributed by atoms with Crippen molar-refractivity contribution < 1.29 is 9.84 Å². The summed E-state index contributed by atoms with van der Waals surface area (Å²) in [6, 6.07) is 24.3. The van der Waals surface area contributed by atoms with Crippen molar-refractivity contribution in [2.75, 3.05) is 0 Å². The molecule has 0 aliphatic carbocycles. The molecule has 0 saturated carbocycles. The minimum Gasteiger partial charge on any atom is -0.488 e. The lowest BCUT2D eigenvalue weighted by Gasteiger charge is -2.14. The maximum atomic E-state index is 9.81. The van der Waals surface area contributed by atoms with Crippen LogP contribution in [-0.2, 0) is 19.8 Å². The molecule has 1 aliphatic heterocycles. The van der Waals surface area contributed by atoms with E-state index in [1.54, 1.807) is 0 Å². The van der Waals surface area contributed by atoms with Crippen molar-refractivity contribution in [1.82, 2.24) is 9.55 Å². The minimum absolute atomic E-state index is 0.119. The third-order valence-corrected chi connectivity index (χ3v) is 5.74. The number of imidazole rings is 1. The number of fused-ring (bicyclic) bond motifs is 3. The summed E-state index contributed by atoms with van der Waals surface area (Å²) in [4.78, 5) is 4.55. The molecule has 2 heterocycles. The quantitative estimate of drug-likeness (QED) is 0.495. The number of benzene rings is 3. The van der Waals surface area contributed by atoms with Gasteiger partial charge < -0.3 is 14.4 Å². The number of para-hydroxylation sites is 3. The number of hydrogen-bond acceptors (Lipinski definition) is 4. The van der Waals surface area contributed by atoms with Gasteiger partial charge in [-0.2, -0.15) is 5.26 Å². The van der Waals surface area contributed by atoms with E-state index in [9.17, 15) is 10.4 Å². The van der Waals surface area contributed by atoms with E-state index in [-0.39, 0.29) is 6.61 Å². The van der Waals surface area contributed by atoms with E-state index in [0.29, 0.717) is 24.5 Å². The fourth-order valence-corrected chi connectivity index (χ4v) is 4.27. The van der Waals surface area contributed by atoms with Crippen LogP contribution in [0.2, 0.25) is 0 Å². The smallest absolute Gasteiger partial charge is 0.136 e. The topological polar surface area (TPSA) is 71.1 Å². The lowest BCUT2D eigenvalue weighted by atomic mass is 9.90. The molecular formula is C26H21N3O2. The Morgan fingerprint density at radius 1 is 1.10 bits per heavy atom. The molecule has 1 aliphatic rings. The van der Waals surface area contributed by atoms with Crippen molar-refractivity contribution in [1.29, 1.82) is 5.26 Å². The molecule has 0 spiro atoms. The average Bonchev–Trinajstić information content (AvgIpc) is 3.07. The van der Waals surface area contributed by atoms with E-state index in [2.05, 4.69) is 29.3 Å². The highest BCUT2D eigenvalue weighted by molar-refractivity contribution is 5.88. The van der Waals surface area contributed by atoms with E-state index in [1.807, 2.05) is 60.0 Å². The first-order valence-electron chi connectivity index (χ1n) is 10.2. The number of hydrogen-bond donors (Lipinski definition) is 1. The fourth-order valence-electron chi connectivity index (χ4n) is 4.27. The number of nitriles is 1. The second-order valence-corrected chi connectivity index (χ2v) is 7.65. The van der Waals surface area contributed by atoms with Gasteiger partial charge >= 0.3 is 0 Å². The largest absolute Gasteiger partial charge is 0.488 e. The van der Waals surface area contributed by atoms with Gasteiger partial charge in [0.15, 0.2) is 0 Å². The number of aliphatic hydroxyl groups is 1. The molecule has 4 aromatic rings. The van der Waals surface area contributed by atoms with Crippen molar-refractivity contribution in [3.8, 4) is 11.8 Å². The van der Waals surface area contributed by atoms with Gasteiger partial charge in [0.25, 0.3) is 0 Å². The van der Waals surface area contributed by atoms with Crippen LogP contribution < -0.4 is 4.74 Å². The molecule has 0 radical (unpaired) electrons. The van der Waals surface area contributed by atoms with E-state index >= 15 is 0 Å². The predicted octanol–water partition coefficient (Wildman–Crippen LogP) is 4.81. The molecule has 5 rings (SSSR count). The van der Waals surface area contributed by atoms with E-state index in [4.69, 9.17) is 4.74 Å². The zero-order valence-corrected chi connectivity index (χ0v) is 17.2. The van der Waals surface area contributed by atoms with Crippen LogP contribution in [0.3, 0.4) is 0 Å². The molecule has 5 nitrogen and oxygen atoms in total. The second-order valence-electron chi connectivity index (χ2n) is 7.65. The summed E-state index contributed by atoms with van der Waals surface area (Å²) in [6.45, 7) is 2.75. The SMILES string of the molecule is CC(C#N)=C1c2ccc(Cn3c(CO)nc4ccccc43)cc2COc2ccccc21. The Balaban J connectivity index is 1.61. The highest BCUT2D eigenvalue weighted by Crippen LogP contribution is 2.38. The van der Waals surface area contributed by atoms with Crippen LogP contribution in [0.4, 0.5) is 0 Å². The van der Waals surface area contributed by atoms with Gasteiger partial charge in [0.1, 0.15) is 24.8 Å². The van der Waals surface area contributed by atoms with Gasteiger partial charge in [-0.3, -0.25) is 0 Å². The van der Waals surface area contributed by atoms with Gasteiger partial charge in [0, 0.05) is 23.3 Å². The van der Waals surface area contributed by atoms with Gasteiger partial charge in [-0.15, -0.1) is 0 Å². The number of allylic oxidation sites excluding steroid dienone is 1. The van der Waals surface area contributed by atoms with Gasteiger partial charge in [-0.05, 0) is 47.9 Å². The van der Waals surface area contributed by atoms with Crippen LogP contribution in [0.1, 0.15) is 35.0 Å². The second kappa shape index (κ2) is 7.75. The van der Waals surface area contributed by atoms with Crippen LogP contribution >= 0.6 is 0 Å². The summed E-state index contributed by atoms with van der Waals surface area (Å²) in [5.41, 5.74) is 7.52. The molecule has 152 valence electrons. The molecule has 1 N–H and O–H groups in total. The Hall–Kier alpha value is -3.88. The van der Waals surface area contributed by atoms with Crippen LogP contribution in [0.15, 0.2) is 72.3 Å². The predicted molar refractivity (Wildman–Crippen MR) is 119 cm³/mol. The van der Waals surface area contributed by atoms with Gasteiger partial charge in [-0.1, -0.05) is 42.5 Å². The number of rotatable bonds is 3.